The number of carbonyl (C=O) groups is 2. The van der Waals surface area contributed by atoms with Gasteiger partial charge < -0.3 is 25.0 Å². The first-order valence-corrected chi connectivity index (χ1v) is 11.1. The maximum absolute atomic E-state index is 12.3. The van der Waals surface area contributed by atoms with Crippen LogP contribution in [0, 0.1) is 0 Å². The summed E-state index contributed by atoms with van der Waals surface area (Å²) in [5.41, 5.74) is 2.12. The molecule has 3 rings (SSSR count). The molecule has 7 heteroatoms. The van der Waals surface area contributed by atoms with E-state index in [4.69, 9.17) is 9.47 Å². The number of benzene rings is 2. The number of likely N-dealkylation sites (tertiary alicyclic amines) is 1. The number of ether oxygens (including phenoxy) is 2. The predicted molar refractivity (Wildman–Crippen MR) is 126 cm³/mol. The Bertz CT molecular complexity index is 914. The first kappa shape index (κ1) is 23.4. The highest BCUT2D eigenvalue weighted by Crippen LogP contribution is 2.29. The minimum atomic E-state index is -0.477. The van der Waals surface area contributed by atoms with E-state index < -0.39 is 5.60 Å². The Morgan fingerprint density at radius 1 is 1.00 bits per heavy atom. The van der Waals surface area contributed by atoms with Gasteiger partial charge in [0.1, 0.15) is 11.4 Å². The van der Waals surface area contributed by atoms with Crippen molar-refractivity contribution < 1.29 is 19.1 Å². The van der Waals surface area contributed by atoms with Crippen LogP contribution in [0.5, 0.6) is 5.75 Å². The maximum Gasteiger partial charge on any atom is 0.410 e. The second kappa shape index (κ2) is 10.4. The highest BCUT2D eigenvalue weighted by molar-refractivity contribution is 5.99. The molecule has 2 aromatic rings. The summed E-state index contributed by atoms with van der Waals surface area (Å²) in [6, 6.07) is 14.9. The van der Waals surface area contributed by atoms with Crippen molar-refractivity contribution in [3.8, 4) is 5.75 Å². The molecule has 172 valence electrons. The van der Waals surface area contributed by atoms with Crippen molar-refractivity contribution in [2.75, 3.05) is 30.3 Å². The van der Waals surface area contributed by atoms with E-state index in [2.05, 4.69) is 10.6 Å². The summed E-state index contributed by atoms with van der Waals surface area (Å²) in [6.45, 7) is 9.50. The zero-order chi connectivity index (χ0) is 23.1. The van der Waals surface area contributed by atoms with Crippen molar-refractivity contribution in [1.29, 1.82) is 0 Å². The van der Waals surface area contributed by atoms with E-state index in [0.717, 1.165) is 18.5 Å². The zero-order valence-corrected chi connectivity index (χ0v) is 19.3. The Morgan fingerprint density at radius 2 is 1.66 bits per heavy atom. The third kappa shape index (κ3) is 6.90. The summed E-state index contributed by atoms with van der Waals surface area (Å²) in [5.74, 6) is 1.10. The number of hydrogen-bond acceptors (Lipinski definition) is 4. The summed E-state index contributed by atoms with van der Waals surface area (Å²) < 4.78 is 10.9. The maximum atomic E-state index is 12.3. The molecule has 1 fully saturated rings. The number of nitrogens with one attached hydrogen (secondary N) is 2. The van der Waals surface area contributed by atoms with Gasteiger partial charge in [-0.15, -0.1) is 0 Å². The molecule has 0 saturated carbocycles. The number of piperidine rings is 1. The monoisotopic (exact) mass is 439 g/mol. The van der Waals surface area contributed by atoms with Gasteiger partial charge in [0.25, 0.3) is 0 Å². The third-order valence-corrected chi connectivity index (χ3v) is 5.19. The average molecular weight is 440 g/mol. The van der Waals surface area contributed by atoms with Crippen LogP contribution in [0.3, 0.4) is 0 Å². The molecule has 1 heterocycles. The van der Waals surface area contributed by atoms with Crippen LogP contribution >= 0.6 is 0 Å². The summed E-state index contributed by atoms with van der Waals surface area (Å²) in [5, 5.41) is 5.67. The van der Waals surface area contributed by atoms with Crippen molar-refractivity contribution in [3.05, 3.63) is 54.1 Å². The molecule has 0 aliphatic carbocycles. The fourth-order valence-corrected chi connectivity index (χ4v) is 3.68. The van der Waals surface area contributed by atoms with Crippen LogP contribution in [0.25, 0.3) is 0 Å². The van der Waals surface area contributed by atoms with E-state index >= 15 is 0 Å². The van der Waals surface area contributed by atoms with Crippen molar-refractivity contribution in [1.82, 2.24) is 4.90 Å². The van der Waals surface area contributed by atoms with Crippen LogP contribution in [0.2, 0.25) is 0 Å². The van der Waals surface area contributed by atoms with Gasteiger partial charge in [0, 0.05) is 30.5 Å². The van der Waals surface area contributed by atoms with Gasteiger partial charge >= 0.3 is 12.1 Å². The van der Waals surface area contributed by atoms with E-state index in [-0.39, 0.29) is 12.1 Å². The molecular formula is C25H33N3O4. The molecule has 2 aromatic carbocycles. The van der Waals surface area contributed by atoms with Crippen LogP contribution in [-0.2, 0) is 4.74 Å². The first-order valence-electron chi connectivity index (χ1n) is 11.1. The van der Waals surface area contributed by atoms with Gasteiger partial charge in [-0.2, -0.15) is 0 Å². The molecule has 1 saturated heterocycles. The lowest BCUT2D eigenvalue weighted by atomic mass is 9.89. The van der Waals surface area contributed by atoms with E-state index in [1.165, 1.54) is 5.56 Å². The van der Waals surface area contributed by atoms with E-state index in [9.17, 15) is 9.59 Å². The van der Waals surface area contributed by atoms with E-state index in [0.29, 0.717) is 37.1 Å². The van der Waals surface area contributed by atoms with Crippen LogP contribution < -0.4 is 15.4 Å². The van der Waals surface area contributed by atoms with Crippen LogP contribution in [0.15, 0.2) is 48.5 Å². The highest BCUT2D eigenvalue weighted by Gasteiger charge is 2.27. The lowest BCUT2D eigenvalue weighted by Gasteiger charge is -2.33. The molecular weight excluding hydrogens is 406 g/mol. The number of rotatable bonds is 5. The van der Waals surface area contributed by atoms with E-state index in [1.54, 1.807) is 11.0 Å². The molecule has 1 aliphatic heterocycles. The number of urea groups is 1. The van der Waals surface area contributed by atoms with Gasteiger partial charge in [-0.05, 0) is 76.3 Å². The minimum absolute atomic E-state index is 0.242. The Hall–Kier alpha value is -3.22. The fourth-order valence-electron chi connectivity index (χ4n) is 3.68. The highest BCUT2D eigenvalue weighted by atomic mass is 16.6. The van der Waals surface area contributed by atoms with E-state index in [1.807, 2.05) is 70.2 Å². The van der Waals surface area contributed by atoms with Gasteiger partial charge in [-0.25, -0.2) is 9.59 Å². The quantitative estimate of drug-likeness (QED) is 0.613. The lowest BCUT2D eigenvalue weighted by Crippen LogP contribution is -2.41. The number of anilines is 2. The summed E-state index contributed by atoms with van der Waals surface area (Å²) >= 11 is 0. The summed E-state index contributed by atoms with van der Waals surface area (Å²) in [4.78, 5) is 26.3. The van der Waals surface area contributed by atoms with Gasteiger partial charge in [-0.3, -0.25) is 0 Å². The zero-order valence-electron chi connectivity index (χ0n) is 19.3. The third-order valence-electron chi connectivity index (χ3n) is 5.19. The summed E-state index contributed by atoms with van der Waals surface area (Å²) in [6.07, 6.45) is 1.54. The molecule has 2 N–H and O–H groups in total. The first-order chi connectivity index (χ1) is 15.2. The van der Waals surface area contributed by atoms with Crippen molar-refractivity contribution in [2.24, 2.45) is 0 Å². The summed E-state index contributed by atoms with van der Waals surface area (Å²) in [7, 11) is 0. The van der Waals surface area contributed by atoms with Gasteiger partial charge in [0.15, 0.2) is 0 Å². The largest absolute Gasteiger partial charge is 0.494 e. The smallest absolute Gasteiger partial charge is 0.410 e. The Labute approximate surface area is 190 Å². The number of nitrogens with zero attached hydrogens (tertiary/aromatic N) is 1. The molecule has 3 amide bonds. The molecule has 7 nitrogen and oxygen atoms in total. The molecule has 0 aromatic heterocycles. The molecule has 0 radical (unpaired) electrons. The van der Waals surface area contributed by atoms with Crippen LogP contribution in [0.1, 0.15) is 52.0 Å². The second-order valence-corrected chi connectivity index (χ2v) is 8.90. The number of hydrogen-bond donors (Lipinski definition) is 2. The SMILES string of the molecule is CCOc1cccc(NC(=O)Nc2ccc(C3CCN(C(=O)OC(C)(C)C)CC3)cc2)c1. The Balaban J connectivity index is 1.49. The Kier molecular flexibility index (Phi) is 7.62. The minimum Gasteiger partial charge on any atom is -0.494 e. The van der Waals surface area contributed by atoms with Gasteiger partial charge in [0.05, 0.1) is 6.61 Å². The molecule has 0 spiro atoms. The molecule has 0 atom stereocenters. The number of amides is 3. The van der Waals surface area contributed by atoms with Crippen molar-refractivity contribution >= 4 is 23.5 Å². The normalized spacial score (nSPS) is 14.6. The van der Waals surface area contributed by atoms with Gasteiger partial charge in [0.2, 0.25) is 0 Å². The molecule has 0 unspecified atom stereocenters. The van der Waals surface area contributed by atoms with Crippen molar-refractivity contribution in [2.45, 2.75) is 52.1 Å². The standard InChI is InChI=1S/C25H33N3O4/c1-5-31-22-8-6-7-21(17-22)27-23(29)26-20-11-9-18(10-12-20)19-13-15-28(16-14-19)24(30)32-25(2,3)4/h6-12,17,19H,5,13-16H2,1-4H3,(H2,26,27,29). The molecule has 0 bridgehead atoms. The average Bonchev–Trinajstić information content (AvgIpc) is 2.74. The molecule has 32 heavy (non-hydrogen) atoms. The lowest BCUT2D eigenvalue weighted by molar-refractivity contribution is 0.0205. The topological polar surface area (TPSA) is 79.9 Å². The van der Waals surface area contributed by atoms with Crippen LogP contribution in [-0.4, -0.2) is 42.3 Å². The van der Waals surface area contributed by atoms with Crippen LogP contribution in [0.4, 0.5) is 21.0 Å². The molecule has 1 aliphatic rings. The van der Waals surface area contributed by atoms with Crippen molar-refractivity contribution in [3.63, 3.8) is 0 Å². The predicted octanol–water partition coefficient (Wildman–Crippen LogP) is 5.84. The van der Waals surface area contributed by atoms with Gasteiger partial charge in [-0.1, -0.05) is 18.2 Å². The number of carbonyl (C=O) groups excluding carboxylic acids is 2. The second-order valence-electron chi connectivity index (χ2n) is 8.90. The Morgan fingerprint density at radius 3 is 2.28 bits per heavy atom. The fraction of sp³-hybridized carbons (Fsp3) is 0.440.